The van der Waals surface area contributed by atoms with E-state index >= 15 is 0 Å². The van der Waals surface area contributed by atoms with Crippen LogP contribution in [-0.4, -0.2) is 37.1 Å². The fourth-order valence-corrected chi connectivity index (χ4v) is 3.38. The van der Waals surface area contributed by atoms with E-state index in [0.717, 1.165) is 37.3 Å². The smallest absolute Gasteiger partial charge is 0.224 e. The first-order chi connectivity index (χ1) is 11.2. The lowest BCUT2D eigenvalue weighted by molar-refractivity contribution is -0.135. The Morgan fingerprint density at radius 2 is 2.26 bits per heavy atom. The molecule has 0 aromatic carbocycles. The van der Waals surface area contributed by atoms with E-state index in [0.29, 0.717) is 18.9 Å². The first kappa shape index (κ1) is 15.8. The van der Waals surface area contributed by atoms with Crippen molar-refractivity contribution in [3.63, 3.8) is 0 Å². The minimum atomic E-state index is 0.145. The second-order valence-electron chi connectivity index (χ2n) is 6.49. The molecule has 1 fully saturated rings. The number of aryl methyl sites for hydroxylation is 1. The van der Waals surface area contributed by atoms with Crippen LogP contribution in [0.1, 0.15) is 63.0 Å². The number of H-pyrrole nitrogens is 1. The minimum absolute atomic E-state index is 0.145. The first-order valence-electron chi connectivity index (χ1n) is 8.46. The van der Waals surface area contributed by atoms with Crippen molar-refractivity contribution in [2.24, 2.45) is 0 Å². The minimum Gasteiger partial charge on any atom is -0.334 e. The van der Waals surface area contributed by atoms with Crippen LogP contribution in [0.25, 0.3) is 0 Å². The number of likely N-dealkylation sites (tertiary alicyclic amines) is 1. The zero-order valence-corrected chi connectivity index (χ0v) is 13.9. The third-order valence-corrected chi connectivity index (χ3v) is 4.54. The van der Waals surface area contributed by atoms with Gasteiger partial charge < -0.3 is 9.47 Å². The van der Waals surface area contributed by atoms with Gasteiger partial charge in [0.1, 0.15) is 5.82 Å². The van der Waals surface area contributed by atoms with Gasteiger partial charge in [0.05, 0.1) is 11.7 Å². The number of amides is 1. The van der Waals surface area contributed by atoms with Crippen molar-refractivity contribution in [3.05, 3.63) is 36.2 Å². The molecule has 1 aliphatic heterocycles. The molecule has 1 aliphatic rings. The first-order valence-corrected chi connectivity index (χ1v) is 8.46. The van der Waals surface area contributed by atoms with Gasteiger partial charge in [0.15, 0.2) is 0 Å². The molecule has 1 N–H and O–H groups in total. The van der Waals surface area contributed by atoms with E-state index in [1.54, 1.807) is 6.20 Å². The Balaban J connectivity index is 1.65. The van der Waals surface area contributed by atoms with Gasteiger partial charge in [-0.3, -0.25) is 9.89 Å². The van der Waals surface area contributed by atoms with Crippen molar-refractivity contribution in [3.8, 4) is 0 Å². The molecule has 0 spiro atoms. The Hall–Kier alpha value is -2.11. The molecule has 1 saturated heterocycles. The molecule has 0 aliphatic carbocycles. The molecule has 6 nitrogen and oxygen atoms in total. The van der Waals surface area contributed by atoms with Crippen molar-refractivity contribution in [1.29, 1.82) is 0 Å². The van der Waals surface area contributed by atoms with Crippen molar-refractivity contribution in [2.75, 3.05) is 6.54 Å². The topological polar surface area (TPSA) is 66.8 Å². The monoisotopic (exact) mass is 315 g/mol. The predicted molar refractivity (Wildman–Crippen MR) is 87.8 cm³/mol. The second-order valence-corrected chi connectivity index (χ2v) is 6.49. The normalized spacial score (nSPS) is 18.6. The number of carbonyl (C=O) groups is 1. The summed E-state index contributed by atoms with van der Waals surface area (Å²) in [5, 5.41) is 7.06. The number of piperidine rings is 1. The molecule has 0 unspecified atom stereocenters. The highest BCUT2D eigenvalue weighted by molar-refractivity contribution is 5.76. The Morgan fingerprint density at radius 1 is 1.39 bits per heavy atom. The standard InChI is InChI=1S/C17H25N5O/c1-13(2)17-18-9-12-21(17)11-7-16(23)22-10-4-3-5-15(22)14-6-8-19-20-14/h6,8-9,12-13,15H,3-5,7,10-11H2,1-2H3,(H,19,20)/t15-/m0/s1. The number of hydrogen-bond acceptors (Lipinski definition) is 3. The Labute approximate surface area is 136 Å². The van der Waals surface area contributed by atoms with Crippen LogP contribution in [-0.2, 0) is 11.3 Å². The summed E-state index contributed by atoms with van der Waals surface area (Å²) >= 11 is 0. The molecule has 6 heteroatoms. The number of carbonyl (C=O) groups excluding carboxylic acids is 1. The van der Waals surface area contributed by atoms with E-state index in [1.165, 1.54) is 0 Å². The molecule has 3 rings (SSSR count). The lowest BCUT2D eigenvalue weighted by Gasteiger charge is -2.35. The van der Waals surface area contributed by atoms with E-state index < -0.39 is 0 Å². The molecular formula is C17H25N5O. The largest absolute Gasteiger partial charge is 0.334 e. The van der Waals surface area contributed by atoms with Gasteiger partial charge >= 0.3 is 0 Å². The summed E-state index contributed by atoms with van der Waals surface area (Å²) in [6, 6.07) is 2.12. The number of nitrogens with one attached hydrogen (secondary N) is 1. The highest BCUT2D eigenvalue weighted by atomic mass is 16.2. The molecular weight excluding hydrogens is 290 g/mol. The SMILES string of the molecule is CC(C)c1nccn1CCC(=O)N1CCCC[C@H]1c1ccn[nH]1. The zero-order chi connectivity index (χ0) is 16.2. The van der Waals surface area contributed by atoms with Crippen LogP contribution in [0.2, 0.25) is 0 Å². The fourth-order valence-electron chi connectivity index (χ4n) is 3.38. The van der Waals surface area contributed by atoms with Crippen LogP contribution < -0.4 is 0 Å². The van der Waals surface area contributed by atoms with Gasteiger partial charge in [-0.25, -0.2) is 4.98 Å². The maximum atomic E-state index is 12.7. The molecule has 124 valence electrons. The molecule has 1 amide bonds. The van der Waals surface area contributed by atoms with Gasteiger partial charge in [0, 0.05) is 44.0 Å². The summed E-state index contributed by atoms with van der Waals surface area (Å²) < 4.78 is 2.09. The third kappa shape index (κ3) is 3.46. The van der Waals surface area contributed by atoms with Gasteiger partial charge in [-0.1, -0.05) is 13.8 Å². The molecule has 2 aromatic rings. The zero-order valence-electron chi connectivity index (χ0n) is 13.9. The van der Waals surface area contributed by atoms with E-state index in [2.05, 4.69) is 33.6 Å². The van der Waals surface area contributed by atoms with E-state index in [1.807, 2.05) is 23.4 Å². The number of aromatic nitrogens is 4. The second kappa shape index (κ2) is 6.98. The van der Waals surface area contributed by atoms with Crippen molar-refractivity contribution < 1.29 is 4.79 Å². The molecule has 1 atom stereocenters. The summed E-state index contributed by atoms with van der Waals surface area (Å²) in [5.74, 6) is 1.63. The summed E-state index contributed by atoms with van der Waals surface area (Å²) in [6.07, 6.45) is 9.30. The van der Waals surface area contributed by atoms with Crippen molar-refractivity contribution in [1.82, 2.24) is 24.6 Å². The lowest BCUT2D eigenvalue weighted by Crippen LogP contribution is -2.39. The maximum Gasteiger partial charge on any atom is 0.224 e. The van der Waals surface area contributed by atoms with E-state index in [9.17, 15) is 4.79 Å². The van der Waals surface area contributed by atoms with Gasteiger partial charge in [0.2, 0.25) is 5.91 Å². The number of aromatic amines is 1. The van der Waals surface area contributed by atoms with Gasteiger partial charge in [-0.15, -0.1) is 0 Å². The van der Waals surface area contributed by atoms with Crippen LogP contribution in [0.15, 0.2) is 24.7 Å². The number of rotatable bonds is 5. The average molecular weight is 315 g/mol. The van der Waals surface area contributed by atoms with E-state index in [4.69, 9.17) is 0 Å². The highest BCUT2D eigenvalue weighted by Crippen LogP contribution is 2.30. The molecule has 2 aromatic heterocycles. The number of nitrogens with zero attached hydrogens (tertiary/aromatic N) is 4. The Kier molecular flexibility index (Phi) is 4.79. The van der Waals surface area contributed by atoms with Gasteiger partial charge in [-0.05, 0) is 25.3 Å². The van der Waals surface area contributed by atoms with Crippen molar-refractivity contribution in [2.45, 2.75) is 58.0 Å². The summed E-state index contributed by atoms with van der Waals surface area (Å²) in [5.41, 5.74) is 1.04. The summed E-state index contributed by atoms with van der Waals surface area (Å²) in [4.78, 5) is 19.1. The van der Waals surface area contributed by atoms with Crippen LogP contribution in [0.5, 0.6) is 0 Å². The lowest BCUT2D eigenvalue weighted by atomic mass is 9.99. The molecule has 3 heterocycles. The van der Waals surface area contributed by atoms with Gasteiger partial charge in [0.25, 0.3) is 0 Å². The fraction of sp³-hybridized carbons (Fsp3) is 0.588. The Morgan fingerprint density at radius 3 is 3.00 bits per heavy atom. The molecule has 0 saturated carbocycles. The summed E-state index contributed by atoms with van der Waals surface area (Å²) in [7, 11) is 0. The quantitative estimate of drug-likeness (QED) is 0.922. The number of imidazole rings is 1. The van der Waals surface area contributed by atoms with Crippen molar-refractivity contribution >= 4 is 5.91 Å². The third-order valence-electron chi connectivity index (χ3n) is 4.54. The summed E-state index contributed by atoms with van der Waals surface area (Å²) in [6.45, 7) is 5.78. The van der Waals surface area contributed by atoms with Crippen LogP contribution in [0, 0.1) is 0 Å². The highest BCUT2D eigenvalue weighted by Gasteiger charge is 2.28. The molecule has 0 bridgehead atoms. The maximum absolute atomic E-state index is 12.7. The van der Waals surface area contributed by atoms with E-state index in [-0.39, 0.29) is 11.9 Å². The predicted octanol–water partition coefficient (Wildman–Crippen LogP) is 2.87. The van der Waals surface area contributed by atoms with Crippen LogP contribution >= 0.6 is 0 Å². The van der Waals surface area contributed by atoms with Crippen LogP contribution in [0.3, 0.4) is 0 Å². The average Bonchev–Trinajstić information content (AvgIpc) is 3.23. The molecule has 0 radical (unpaired) electrons. The van der Waals surface area contributed by atoms with Gasteiger partial charge in [-0.2, -0.15) is 5.10 Å². The number of hydrogen-bond donors (Lipinski definition) is 1. The van der Waals surface area contributed by atoms with Crippen LogP contribution in [0.4, 0.5) is 0 Å². The Bertz CT molecular complexity index is 631. The molecule has 23 heavy (non-hydrogen) atoms.